The first kappa shape index (κ1) is 13.5. The molecule has 0 saturated carbocycles. The highest BCUT2D eigenvalue weighted by Gasteiger charge is 2.10. The van der Waals surface area contributed by atoms with E-state index in [0.717, 1.165) is 12.1 Å². The van der Waals surface area contributed by atoms with Gasteiger partial charge in [-0.15, -0.1) is 12.6 Å². The molecule has 0 saturated heterocycles. The molecule has 0 aliphatic carbocycles. The van der Waals surface area contributed by atoms with Gasteiger partial charge in [0.2, 0.25) is 0 Å². The Morgan fingerprint density at radius 2 is 2.00 bits per heavy atom. The van der Waals surface area contributed by atoms with E-state index in [-0.39, 0.29) is 22.3 Å². The van der Waals surface area contributed by atoms with E-state index in [1.54, 1.807) is 0 Å². The number of nitrogens with zero attached hydrogens (tertiary/aromatic N) is 2. The van der Waals surface area contributed by atoms with Crippen LogP contribution in [0.1, 0.15) is 0 Å². The minimum atomic E-state index is -0.906. The molecule has 0 fully saturated rings. The van der Waals surface area contributed by atoms with Crippen LogP contribution in [-0.4, -0.2) is 15.0 Å². The molecule has 0 amide bonds. The lowest BCUT2D eigenvalue weighted by Gasteiger charge is -2.06. The highest BCUT2D eigenvalue weighted by molar-refractivity contribution is 7.80. The highest BCUT2D eigenvalue weighted by Crippen LogP contribution is 2.24. The Bertz CT molecular complexity index is 898. The van der Waals surface area contributed by atoms with E-state index in [1.165, 1.54) is 12.3 Å². The minimum Gasteiger partial charge on any atom is -0.448 e. The molecule has 2 aromatic heterocycles. The minimum absolute atomic E-state index is 0.150. The van der Waals surface area contributed by atoms with Crippen LogP contribution in [0.15, 0.2) is 40.4 Å². The molecule has 3 rings (SSSR count). The van der Waals surface area contributed by atoms with E-state index in [0.29, 0.717) is 11.5 Å². The molecule has 21 heavy (non-hydrogen) atoms. The summed E-state index contributed by atoms with van der Waals surface area (Å²) in [5.41, 5.74) is -0.315. The van der Waals surface area contributed by atoms with Crippen molar-refractivity contribution in [2.45, 2.75) is 5.16 Å². The standard InChI is InChI=1S/C13H7F2N3O2S/c14-7-1-2-9(8(15)4-7)20-10-3-6-5-16-13(21)18-11(6)17-12(10)19/h1-5H,(H2,16,17,18,19,21). The molecule has 8 heteroatoms. The van der Waals surface area contributed by atoms with Crippen molar-refractivity contribution in [3.8, 4) is 11.5 Å². The Morgan fingerprint density at radius 1 is 1.19 bits per heavy atom. The average Bonchev–Trinajstić information content (AvgIpc) is 2.42. The molecule has 0 unspecified atom stereocenters. The van der Waals surface area contributed by atoms with Gasteiger partial charge in [-0.3, -0.25) is 4.79 Å². The number of hydrogen-bond acceptors (Lipinski definition) is 5. The van der Waals surface area contributed by atoms with Gasteiger partial charge in [0.05, 0.1) is 0 Å². The number of pyridine rings is 1. The summed E-state index contributed by atoms with van der Waals surface area (Å²) in [6, 6.07) is 4.16. The van der Waals surface area contributed by atoms with Crippen LogP contribution in [0.3, 0.4) is 0 Å². The molecule has 0 radical (unpaired) electrons. The smallest absolute Gasteiger partial charge is 0.292 e. The van der Waals surface area contributed by atoms with Crippen molar-refractivity contribution in [3.05, 3.63) is 52.5 Å². The molecule has 0 spiro atoms. The molecule has 0 aliphatic rings. The van der Waals surface area contributed by atoms with Gasteiger partial charge in [0.15, 0.2) is 22.5 Å². The molecular formula is C13H7F2N3O2S. The molecule has 3 aromatic rings. The van der Waals surface area contributed by atoms with E-state index < -0.39 is 17.2 Å². The molecule has 0 aliphatic heterocycles. The number of fused-ring (bicyclic) bond motifs is 1. The van der Waals surface area contributed by atoms with Crippen LogP contribution in [0.5, 0.6) is 11.5 Å². The number of rotatable bonds is 2. The Balaban J connectivity index is 2.06. The van der Waals surface area contributed by atoms with Crippen LogP contribution < -0.4 is 10.3 Å². The summed E-state index contributed by atoms with van der Waals surface area (Å²) in [6.07, 6.45) is 1.44. The topological polar surface area (TPSA) is 67.9 Å². The number of aromatic amines is 1. The molecule has 0 atom stereocenters. The number of H-pyrrole nitrogens is 1. The van der Waals surface area contributed by atoms with Crippen molar-refractivity contribution in [1.82, 2.24) is 15.0 Å². The third-order valence-corrected chi connectivity index (χ3v) is 2.88. The third kappa shape index (κ3) is 2.70. The molecular weight excluding hydrogens is 300 g/mol. The highest BCUT2D eigenvalue weighted by atomic mass is 32.1. The van der Waals surface area contributed by atoms with Crippen molar-refractivity contribution in [2.75, 3.05) is 0 Å². The molecule has 5 nitrogen and oxygen atoms in total. The zero-order chi connectivity index (χ0) is 15.0. The fourth-order valence-electron chi connectivity index (χ4n) is 1.72. The zero-order valence-corrected chi connectivity index (χ0v) is 11.2. The quantitative estimate of drug-likeness (QED) is 0.564. The maximum Gasteiger partial charge on any atom is 0.292 e. The van der Waals surface area contributed by atoms with Crippen molar-refractivity contribution < 1.29 is 13.5 Å². The van der Waals surface area contributed by atoms with Crippen molar-refractivity contribution in [2.24, 2.45) is 0 Å². The lowest BCUT2D eigenvalue weighted by atomic mass is 10.3. The Morgan fingerprint density at radius 3 is 2.76 bits per heavy atom. The molecule has 1 aromatic carbocycles. The van der Waals surface area contributed by atoms with Crippen LogP contribution in [0.25, 0.3) is 11.0 Å². The van der Waals surface area contributed by atoms with Gasteiger partial charge in [0.25, 0.3) is 5.56 Å². The second-order valence-electron chi connectivity index (χ2n) is 4.11. The number of halogens is 2. The summed E-state index contributed by atoms with van der Waals surface area (Å²) in [6.45, 7) is 0. The predicted octanol–water partition coefficient (Wildman–Crippen LogP) is 2.68. The second kappa shape index (κ2) is 5.13. The van der Waals surface area contributed by atoms with E-state index in [9.17, 15) is 13.6 Å². The van der Waals surface area contributed by atoms with Gasteiger partial charge >= 0.3 is 0 Å². The van der Waals surface area contributed by atoms with Gasteiger partial charge in [-0.25, -0.2) is 18.7 Å². The number of thiol groups is 1. The molecule has 106 valence electrons. The van der Waals surface area contributed by atoms with Gasteiger partial charge in [-0.1, -0.05) is 0 Å². The first-order valence-corrected chi connectivity index (χ1v) is 6.19. The maximum atomic E-state index is 13.5. The van der Waals surface area contributed by atoms with Gasteiger partial charge in [0.1, 0.15) is 11.5 Å². The van der Waals surface area contributed by atoms with E-state index in [2.05, 4.69) is 27.6 Å². The fourth-order valence-corrected chi connectivity index (χ4v) is 1.87. The van der Waals surface area contributed by atoms with Crippen molar-refractivity contribution >= 4 is 23.7 Å². The lowest BCUT2D eigenvalue weighted by Crippen LogP contribution is -2.10. The molecule has 1 N–H and O–H groups in total. The van der Waals surface area contributed by atoms with Gasteiger partial charge in [-0.2, -0.15) is 0 Å². The average molecular weight is 307 g/mol. The van der Waals surface area contributed by atoms with Gasteiger partial charge in [-0.05, 0) is 18.2 Å². The summed E-state index contributed by atoms with van der Waals surface area (Å²) in [4.78, 5) is 22.1. The number of aromatic nitrogens is 3. The summed E-state index contributed by atoms with van der Waals surface area (Å²) < 4.78 is 31.5. The zero-order valence-electron chi connectivity index (χ0n) is 10.3. The summed E-state index contributed by atoms with van der Waals surface area (Å²) >= 11 is 3.96. The molecule has 0 bridgehead atoms. The van der Waals surface area contributed by atoms with E-state index in [1.807, 2.05) is 0 Å². The number of hydrogen-bond donors (Lipinski definition) is 2. The largest absolute Gasteiger partial charge is 0.448 e. The van der Waals surface area contributed by atoms with Crippen molar-refractivity contribution in [1.29, 1.82) is 0 Å². The lowest BCUT2D eigenvalue weighted by molar-refractivity contribution is 0.433. The van der Waals surface area contributed by atoms with Crippen LogP contribution in [0.2, 0.25) is 0 Å². The second-order valence-corrected chi connectivity index (χ2v) is 4.51. The SMILES string of the molecule is O=c1[nH]c2nc(S)ncc2cc1Oc1ccc(F)cc1F. The van der Waals surface area contributed by atoms with Gasteiger partial charge in [0, 0.05) is 17.6 Å². The van der Waals surface area contributed by atoms with E-state index >= 15 is 0 Å². The van der Waals surface area contributed by atoms with Crippen LogP contribution in [0, 0.1) is 11.6 Å². The molecule has 2 heterocycles. The summed E-state index contributed by atoms with van der Waals surface area (Å²) in [5, 5.41) is 0.696. The Kier molecular flexibility index (Phi) is 3.30. The Labute approximate surface area is 122 Å². The third-order valence-electron chi connectivity index (χ3n) is 2.66. The Hall–Kier alpha value is -2.48. The van der Waals surface area contributed by atoms with Crippen LogP contribution >= 0.6 is 12.6 Å². The maximum absolute atomic E-state index is 13.5. The summed E-state index contributed by atoms with van der Waals surface area (Å²) in [7, 11) is 0. The van der Waals surface area contributed by atoms with Gasteiger partial charge < -0.3 is 9.72 Å². The van der Waals surface area contributed by atoms with E-state index in [4.69, 9.17) is 4.74 Å². The number of benzene rings is 1. The van der Waals surface area contributed by atoms with Crippen LogP contribution in [0.4, 0.5) is 8.78 Å². The van der Waals surface area contributed by atoms with Crippen molar-refractivity contribution in [3.63, 3.8) is 0 Å². The first-order valence-electron chi connectivity index (χ1n) is 5.75. The normalized spacial score (nSPS) is 10.8. The summed E-state index contributed by atoms with van der Waals surface area (Å²) in [5.74, 6) is -2.05. The van der Waals surface area contributed by atoms with Crippen LogP contribution in [-0.2, 0) is 0 Å². The number of nitrogens with one attached hydrogen (secondary N) is 1. The number of ether oxygens (including phenoxy) is 1. The monoisotopic (exact) mass is 307 g/mol. The first-order chi connectivity index (χ1) is 10.0. The fraction of sp³-hybridized carbons (Fsp3) is 0. The predicted molar refractivity (Wildman–Crippen MR) is 73.8 cm³/mol.